The fraction of sp³-hybridized carbons (Fsp3) is 0.400. The maximum Gasteiger partial charge on any atom is 0.128 e. The summed E-state index contributed by atoms with van der Waals surface area (Å²) in [7, 11) is 1.88. The molecule has 1 saturated heterocycles. The third-order valence-electron chi connectivity index (χ3n) is 3.98. The number of imidazole rings is 1. The van der Waals surface area contributed by atoms with E-state index in [0.717, 1.165) is 17.8 Å². The minimum atomic E-state index is -0.536. The quantitative estimate of drug-likeness (QED) is 0.941. The average molecular weight is 293 g/mol. The van der Waals surface area contributed by atoms with Gasteiger partial charge >= 0.3 is 0 Å². The van der Waals surface area contributed by atoms with Crippen LogP contribution < -0.4 is 0 Å². The van der Waals surface area contributed by atoms with Crippen molar-refractivity contribution < 1.29 is 13.9 Å². The van der Waals surface area contributed by atoms with E-state index in [1.165, 1.54) is 6.07 Å². The van der Waals surface area contributed by atoms with Crippen LogP contribution >= 0.6 is 0 Å². The molecular weight excluding hydrogens is 276 g/mol. The monoisotopic (exact) mass is 293 g/mol. The highest BCUT2D eigenvalue weighted by Crippen LogP contribution is 2.35. The molecule has 6 heteroatoms. The van der Waals surface area contributed by atoms with Crippen molar-refractivity contribution in [1.82, 2.24) is 14.5 Å². The number of aliphatic hydroxyl groups is 1. The zero-order valence-corrected chi connectivity index (χ0v) is 11.7. The SMILES string of the molecule is Cn1cncc1CN1CC(O)CC1c1cc(F)ccc1F. The number of aryl methyl sites for hydroxylation is 1. The molecule has 1 aromatic carbocycles. The Bertz CT molecular complexity index is 644. The van der Waals surface area contributed by atoms with E-state index in [-0.39, 0.29) is 6.04 Å². The number of β-amino-alcohol motifs (C(OH)–C–C–N with tert-alkyl or cyclic N) is 1. The lowest BCUT2D eigenvalue weighted by molar-refractivity contribution is 0.171. The smallest absolute Gasteiger partial charge is 0.128 e. The highest BCUT2D eigenvalue weighted by atomic mass is 19.1. The van der Waals surface area contributed by atoms with Crippen LogP contribution in [0.2, 0.25) is 0 Å². The maximum absolute atomic E-state index is 14.0. The lowest BCUT2D eigenvalue weighted by Crippen LogP contribution is -2.26. The van der Waals surface area contributed by atoms with E-state index in [9.17, 15) is 13.9 Å². The number of aliphatic hydroxyl groups excluding tert-OH is 1. The Morgan fingerprint density at radius 2 is 2.19 bits per heavy atom. The Hall–Kier alpha value is -1.79. The van der Waals surface area contributed by atoms with Gasteiger partial charge in [0.05, 0.1) is 18.1 Å². The van der Waals surface area contributed by atoms with Crippen molar-refractivity contribution in [2.75, 3.05) is 6.54 Å². The predicted molar refractivity (Wildman–Crippen MR) is 73.3 cm³/mol. The number of rotatable bonds is 3. The van der Waals surface area contributed by atoms with Crippen LogP contribution in [0.25, 0.3) is 0 Å². The van der Waals surface area contributed by atoms with E-state index >= 15 is 0 Å². The number of halogens is 2. The first-order valence-electron chi connectivity index (χ1n) is 6.87. The molecule has 1 aliphatic rings. The van der Waals surface area contributed by atoms with Gasteiger partial charge in [0.1, 0.15) is 11.6 Å². The Kier molecular flexibility index (Phi) is 3.73. The van der Waals surface area contributed by atoms with E-state index in [4.69, 9.17) is 0 Å². The first-order chi connectivity index (χ1) is 10.0. The zero-order chi connectivity index (χ0) is 15.0. The molecule has 2 aromatic rings. The van der Waals surface area contributed by atoms with Crippen molar-refractivity contribution in [3.8, 4) is 0 Å². The molecule has 2 atom stereocenters. The summed E-state index contributed by atoms with van der Waals surface area (Å²) in [4.78, 5) is 6.01. The molecule has 0 spiro atoms. The van der Waals surface area contributed by atoms with Gasteiger partial charge in [-0.1, -0.05) is 0 Å². The summed E-state index contributed by atoms with van der Waals surface area (Å²) < 4.78 is 29.3. The van der Waals surface area contributed by atoms with E-state index in [1.54, 1.807) is 12.5 Å². The topological polar surface area (TPSA) is 41.3 Å². The fourth-order valence-corrected chi connectivity index (χ4v) is 2.89. The van der Waals surface area contributed by atoms with Crippen LogP contribution in [0.15, 0.2) is 30.7 Å². The maximum atomic E-state index is 14.0. The molecule has 0 aliphatic carbocycles. The lowest BCUT2D eigenvalue weighted by Gasteiger charge is -2.24. The lowest BCUT2D eigenvalue weighted by atomic mass is 10.0. The molecule has 1 fully saturated rings. The van der Waals surface area contributed by atoms with Crippen LogP contribution in [-0.4, -0.2) is 32.2 Å². The highest BCUT2D eigenvalue weighted by Gasteiger charge is 2.34. The Morgan fingerprint density at radius 3 is 2.90 bits per heavy atom. The van der Waals surface area contributed by atoms with Crippen LogP contribution in [-0.2, 0) is 13.6 Å². The fourth-order valence-electron chi connectivity index (χ4n) is 2.89. The summed E-state index contributed by atoms with van der Waals surface area (Å²) in [5.41, 5.74) is 1.26. The van der Waals surface area contributed by atoms with E-state index < -0.39 is 17.7 Å². The van der Waals surface area contributed by atoms with Gasteiger partial charge in [-0.3, -0.25) is 4.90 Å². The average Bonchev–Trinajstić information content (AvgIpc) is 3.00. The Balaban J connectivity index is 1.89. The van der Waals surface area contributed by atoms with Crippen LogP contribution in [0.5, 0.6) is 0 Å². The largest absolute Gasteiger partial charge is 0.392 e. The van der Waals surface area contributed by atoms with Crippen molar-refractivity contribution in [2.45, 2.75) is 25.1 Å². The molecule has 4 nitrogen and oxygen atoms in total. The summed E-state index contributed by atoms with van der Waals surface area (Å²) in [6, 6.07) is 3.13. The van der Waals surface area contributed by atoms with Crippen molar-refractivity contribution in [3.05, 3.63) is 53.6 Å². The molecule has 112 valence electrons. The van der Waals surface area contributed by atoms with Gasteiger partial charge in [0.2, 0.25) is 0 Å². The highest BCUT2D eigenvalue weighted by molar-refractivity contribution is 5.24. The van der Waals surface area contributed by atoms with Crippen molar-refractivity contribution >= 4 is 0 Å². The van der Waals surface area contributed by atoms with Gasteiger partial charge in [0, 0.05) is 37.9 Å². The summed E-state index contributed by atoms with van der Waals surface area (Å²) in [6.07, 6.45) is 3.30. The molecule has 1 aromatic heterocycles. The number of nitrogens with zero attached hydrogens (tertiary/aromatic N) is 3. The van der Waals surface area contributed by atoms with Crippen molar-refractivity contribution in [3.63, 3.8) is 0 Å². The Morgan fingerprint density at radius 1 is 1.38 bits per heavy atom. The third-order valence-corrected chi connectivity index (χ3v) is 3.98. The summed E-state index contributed by atoms with van der Waals surface area (Å²) >= 11 is 0. The van der Waals surface area contributed by atoms with Gasteiger partial charge in [-0.2, -0.15) is 0 Å². The van der Waals surface area contributed by atoms with Gasteiger partial charge in [-0.05, 0) is 24.6 Å². The standard InChI is InChI=1S/C15H17F2N3O/c1-19-9-18-6-11(19)7-20-8-12(21)5-15(20)13-4-10(16)2-3-14(13)17/h2-4,6,9,12,15,21H,5,7-8H2,1H3. The first-order valence-corrected chi connectivity index (χ1v) is 6.87. The van der Waals surface area contributed by atoms with Gasteiger partial charge in [-0.15, -0.1) is 0 Å². The molecular formula is C15H17F2N3O. The van der Waals surface area contributed by atoms with Crippen LogP contribution in [0.4, 0.5) is 8.78 Å². The van der Waals surface area contributed by atoms with E-state index in [1.807, 2.05) is 16.5 Å². The minimum absolute atomic E-state index is 0.300. The number of aromatic nitrogens is 2. The van der Waals surface area contributed by atoms with Gasteiger partial charge < -0.3 is 9.67 Å². The van der Waals surface area contributed by atoms with Crippen LogP contribution in [0, 0.1) is 11.6 Å². The summed E-state index contributed by atoms with van der Waals surface area (Å²) in [6.45, 7) is 0.972. The molecule has 0 radical (unpaired) electrons. The van der Waals surface area contributed by atoms with E-state index in [0.29, 0.717) is 25.1 Å². The van der Waals surface area contributed by atoms with Crippen LogP contribution in [0.1, 0.15) is 23.7 Å². The van der Waals surface area contributed by atoms with Crippen molar-refractivity contribution in [1.29, 1.82) is 0 Å². The molecule has 3 rings (SSSR count). The second-order valence-corrected chi connectivity index (χ2v) is 5.50. The number of likely N-dealkylation sites (tertiary alicyclic amines) is 1. The predicted octanol–water partition coefficient (Wildman–Crippen LogP) is 2.01. The third kappa shape index (κ3) is 2.82. The molecule has 21 heavy (non-hydrogen) atoms. The first kappa shape index (κ1) is 14.2. The summed E-state index contributed by atoms with van der Waals surface area (Å²) in [5, 5.41) is 9.91. The second-order valence-electron chi connectivity index (χ2n) is 5.50. The van der Waals surface area contributed by atoms with Gasteiger partial charge in [0.15, 0.2) is 0 Å². The number of hydrogen-bond donors (Lipinski definition) is 1. The minimum Gasteiger partial charge on any atom is -0.392 e. The van der Waals surface area contributed by atoms with Gasteiger partial charge in [0.25, 0.3) is 0 Å². The van der Waals surface area contributed by atoms with Crippen molar-refractivity contribution in [2.24, 2.45) is 7.05 Å². The normalized spacial score (nSPS) is 22.9. The van der Waals surface area contributed by atoms with Crippen LogP contribution in [0.3, 0.4) is 0 Å². The Labute approximate surface area is 121 Å². The number of hydrogen-bond acceptors (Lipinski definition) is 3. The zero-order valence-electron chi connectivity index (χ0n) is 11.7. The van der Waals surface area contributed by atoms with E-state index in [2.05, 4.69) is 4.98 Å². The molecule has 0 saturated carbocycles. The van der Waals surface area contributed by atoms with Gasteiger partial charge in [-0.25, -0.2) is 13.8 Å². The second kappa shape index (κ2) is 5.54. The summed E-state index contributed by atoms with van der Waals surface area (Å²) in [5.74, 6) is -0.904. The molecule has 0 amide bonds. The molecule has 1 aliphatic heterocycles. The molecule has 2 unspecified atom stereocenters. The number of benzene rings is 1. The molecule has 1 N–H and O–H groups in total. The molecule has 2 heterocycles. The molecule has 0 bridgehead atoms.